The van der Waals surface area contributed by atoms with Crippen molar-refractivity contribution in [2.45, 2.75) is 12.5 Å². The maximum atomic E-state index is 12.8. The van der Waals surface area contributed by atoms with Crippen LogP contribution in [0.2, 0.25) is 0 Å². The second-order valence-corrected chi connectivity index (χ2v) is 7.94. The summed E-state index contributed by atoms with van der Waals surface area (Å²) in [7, 11) is 0. The van der Waals surface area contributed by atoms with Gasteiger partial charge in [0.05, 0.1) is 23.7 Å². The summed E-state index contributed by atoms with van der Waals surface area (Å²) in [6, 6.07) is 25.5. The number of carbonyl (C=O) groups excluding carboxylic acids is 1. The molecule has 0 aliphatic carbocycles. The average Bonchev–Trinajstić information content (AvgIpc) is 2.87. The summed E-state index contributed by atoms with van der Waals surface area (Å²) in [6.45, 7) is 0.235. The normalized spacial score (nSPS) is 11.7. The van der Waals surface area contributed by atoms with Gasteiger partial charge in [0.25, 0.3) is 5.91 Å². The first-order chi connectivity index (χ1) is 16.5. The van der Waals surface area contributed by atoms with E-state index in [4.69, 9.17) is 0 Å². The number of rotatable bonds is 8. The average molecular weight is 456 g/mol. The number of aromatic nitrogens is 1. The Morgan fingerprint density at radius 1 is 0.912 bits per heavy atom. The van der Waals surface area contributed by atoms with Crippen molar-refractivity contribution in [1.82, 2.24) is 9.88 Å². The highest BCUT2D eigenvalue weighted by atomic mass is 16.4. The summed E-state index contributed by atoms with van der Waals surface area (Å²) in [5, 5.41) is 23.7. The lowest BCUT2D eigenvalue weighted by atomic mass is 10.1. The van der Waals surface area contributed by atoms with E-state index in [1.54, 1.807) is 48.7 Å². The Kier molecular flexibility index (Phi) is 7.15. The topological polar surface area (TPSA) is 103 Å². The summed E-state index contributed by atoms with van der Waals surface area (Å²) in [5.74, 6) is -0.246. The Morgan fingerprint density at radius 3 is 2.38 bits per heavy atom. The van der Waals surface area contributed by atoms with Crippen LogP contribution in [0.4, 0.5) is 10.5 Å². The van der Waals surface area contributed by atoms with E-state index >= 15 is 0 Å². The second-order valence-electron chi connectivity index (χ2n) is 7.94. The third kappa shape index (κ3) is 5.57. The molecule has 3 N–H and O–H groups in total. The zero-order valence-corrected chi connectivity index (χ0v) is 18.5. The van der Waals surface area contributed by atoms with E-state index < -0.39 is 12.2 Å². The molecule has 0 bridgehead atoms. The predicted octanol–water partition coefficient (Wildman–Crippen LogP) is 4.74. The lowest BCUT2D eigenvalue weighted by molar-refractivity contribution is 0.0972. The molecule has 1 atom stereocenters. The number of amides is 2. The van der Waals surface area contributed by atoms with E-state index in [1.807, 2.05) is 42.5 Å². The van der Waals surface area contributed by atoms with Gasteiger partial charge in [-0.3, -0.25) is 9.78 Å². The quantitative estimate of drug-likeness (QED) is 0.356. The molecule has 1 heterocycles. The lowest BCUT2D eigenvalue weighted by Gasteiger charge is -2.22. The van der Waals surface area contributed by atoms with E-state index in [-0.39, 0.29) is 19.0 Å². The minimum absolute atomic E-state index is 0.00739. The zero-order chi connectivity index (χ0) is 23.9. The number of fused-ring (bicyclic) bond motifs is 1. The standard InChI is InChI=1S/C27H25N3O4/c31-24(20-6-2-1-3-7-20)18-30(27(33)34)17-15-19-11-13-22(14-12-19)29-26(32)23-10-4-8-21-9-5-16-28-25(21)23/h1-14,16,24,31H,15,17-18H2,(H,29,32)(H,33,34). The van der Waals surface area contributed by atoms with Crippen molar-refractivity contribution in [3.63, 3.8) is 0 Å². The lowest BCUT2D eigenvalue weighted by Crippen LogP contribution is -2.35. The number of benzene rings is 3. The van der Waals surface area contributed by atoms with E-state index in [0.29, 0.717) is 28.8 Å². The smallest absolute Gasteiger partial charge is 0.407 e. The van der Waals surface area contributed by atoms with Crippen LogP contribution >= 0.6 is 0 Å². The van der Waals surface area contributed by atoms with Crippen LogP contribution in [0.5, 0.6) is 0 Å². The van der Waals surface area contributed by atoms with Gasteiger partial charge in [0, 0.05) is 23.8 Å². The van der Waals surface area contributed by atoms with Crippen molar-refractivity contribution in [2.75, 3.05) is 18.4 Å². The van der Waals surface area contributed by atoms with Gasteiger partial charge in [-0.05, 0) is 41.8 Å². The maximum Gasteiger partial charge on any atom is 0.407 e. The van der Waals surface area contributed by atoms with E-state index in [0.717, 1.165) is 10.9 Å². The number of hydrogen-bond donors (Lipinski definition) is 3. The zero-order valence-electron chi connectivity index (χ0n) is 18.5. The molecule has 0 aliphatic rings. The number of hydrogen-bond acceptors (Lipinski definition) is 4. The van der Waals surface area contributed by atoms with Gasteiger partial charge >= 0.3 is 6.09 Å². The summed E-state index contributed by atoms with van der Waals surface area (Å²) in [5.41, 5.74) is 3.37. The minimum atomic E-state index is -1.08. The highest BCUT2D eigenvalue weighted by Gasteiger charge is 2.18. The van der Waals surface area contributed by atoms with Crippen LogP contribution in [0, 0.1) is 0 Å². The molecule has 3 aromatic carbocycles. The van der Waals surface area contributed by atoms with Crippen molar-refractivity contribution in [3.05, 3.63) is 108 Å². The van der Waals surface area contributed by atoms with Crippen LogP contribution < -0.4 is 5.32 Å². The Labute approximate surface area is 197 Å². The van der Waals surface area contributed by atoms with Gasteiger partial charge in [-0.2, -0.15) is 0 Å². The molecule has 1 aromatic heterocycles. The predicted molar refractivity (Wildman–Crippen MR) is 131 cm³/mol. The first-order valence-corrected chi connectivity index (χ1v) is 11.0. The molecule has 1 unspecified atom stereocenters. The molecule has 34 heavy (non-hydrogen) atoms. The highest BCUT2D eigenvalue weighted by Crippen LogP contribution is 2.19. The van der Waals surface area contributed by atoms with Gasteiger partial charge in [-0.25, -0.2) is 4.79 Å². The fourth-order valence-corrected chi connectivity index (χ4v) is 3.76. The van der Waals surface area contributed by atoms with E-state index in [9.17, 15) is 19.8 Å². The summed E-state index contributed by atoms with van der Waals surface area (Å²) < 4.78 is 0. The number of aliphatic hydroxyl groups excluding tert-OH is 1. The van der Waals surface area contributed by atoms with Crippen molar-refractivity contribution < 1.29 is 19.8 Å². The van der Waals surface area contributed by atoms with Crippen molar-refractivity contribution in [2.24, 2.45) is 0 Å². The third-order valence-corrected chi connectivity index (χ3v) is 5.61. The van der Waals surface area contributed by atoms with Crippen LogP contribution in [0.1, 0.15) is 27.6 Å². The fraction of sp³-hybridized carbons (Fsp3) is 0.148. The summed E-state index contributed by atoms with van der Waals surface area (Å²) in [6.07, 6.45) is 0.170. The molecule has 0 radical (unpaired) electrons. The van der Waals surface area contributed by atoms with Crippen molar-refractivity contribution in [1.29, 1.82) is 0 Å². The first kappa shape index (κ1) is 22.9. The largest absolute Gasteiger partial charge is 0.465 e. The first-order valence-electron chi connectivity index (χ1n) is 11.0. The number of aliphatic hydroxyl groups is 1. The van der Waals surface area contributed by atoms with E-state index in [1.165, 1.54) is 4.90 Å². The van der Waals surface area contributed by atoms with Gasteiger partial charge in [-0.15, -0.1) is 0 Å². The van der Waals surface area contributed by atoms with Crippen LogP contribution in [-0.4, -0.2) is 45.2 Å². The van der Waals surface area contributed by atoms with Crippen molar-refractivity contribution >= 4 is 28.6 Å². The van der Waals surface area contributed by atoms with Gasteiger partial charge in [0.15, 0.2) is 0 Å². The van der Waals surface area contributed by atoms with Gasteiger partial charge in [-0.1, -0.05) is 60.7 Å². The minimum Gasteiger partial charge on any atom is -0.465 e. The van der Waals surface area contributed by atoms with Crippen LogP contribution in [0.25, 0.3) is 10.9 Å². The van der Waals surface area contributed by atoms with Crippen LogP contribution in [-0.2, 0) is 6.42 Å². The number of pyridine rings is 1. The molecule has 4 rings (SSSR count). The number of carbonyl (C=O) groups is 2. The third-order valence-electron chi connectivity index (χ3n) is 5.61. The van der Waals surface area contributed by atoms with Gasteiger partial charge in [0.1, 0.15) is 0 Å². The Morgan fingerprint density at radius 2 is 1.65 bits per heavy atom. The van der Waals surface area contributed by atoms with Crippen LogP contribution in [0.15, 0.2) is 91.1 Å². The summed E-state index contributed by atoms with van der Waals surface area (Å²) in [4.78, 5) is 30.0. The van der Waals surface area contributed by atoms with Crippen molar-refractivity contribution in [3.8, 4) is 0 Å². The maximum absolute atomic E-state index is 12.8. The molecule has 0 fully saturated rings. The Hall–Kier alpha value is -4.23. The highest BCUT2D eigenvalue weighted by molar-refractivity contribution is 6.11. The SMILES string of the molecule is O=C(Nc1ccc(CCN(CC(O)c2ccccc2)C(=O)O)cc1)c1cccc2cccnc12. The number of nitrogens with zero attached hydrogens (tertiary/aromatic N) is 2. The monoisotopic (exact) mass is 455 g/mol. The second kappa shape index (κ2) is 10.6. The molecule has 0 saturated carbocycles. The Bertz CT molecular complexity index is 1270. The van der Waals surface area contributed by atoms with E-state index in [2.05, 4.69) is 10.3 Å². The number of para-hydroxylation sites is 1. The molecular formula is C27H25N3O4. The molecule has 7 heteroatoms. The molecule has 0 aliphatic heterocycles. The molecule has 172 valence electrons. The molecule has 7 nitrogen and oxygen atoms in total. The van der Waals surface area contributed by atoms with Gasteiger partial charge in [0.2, 0.25) is 0 Å². The number of anilines is 1. The molecule has 0 saturated heterocycles. The number of nitrogens with one attached hydrogen (secondary N) is 1. The summed E-state index contributed by atoms with van der Waals surface area (Å²) >= 11 is 0. The van der Waals surface area contributed by atoms with Crippen LogP contribution in [0.3, 0.4) is 0 Å². The molecule has 4 aromatic rings. The molecular weight excluding hydrogens is 430 g/mol. The Balaban J connectivity index is 1.36. The molecule has 0 spiro atoms. The number of carboxylic acid groups (broad SMARTS) is 1. The van der Waals surface area contributed by atoms with Gasteiger partial charge < -0.3 is 20.4 Å². The molecule has 2 amide bonds. The fourth-order valence-electron chi connectivity index (χ4n) is 3.76.